The van der Waals surface area contributed by atoms with Gasteiger partial charge in [0, 0.05) is 13.3 Å². The number of benzene rings is 1. The van der Waals surface area contributed by atoms with Crippen LogP contribution in [0.1, 0.15) is 58.6 Å². The highest BCUT2D eigenvalue weighted by Crippen LogP contribution is 2.41. The SMILES string of the molecule is COc1ccc(C2CC(C=CC3=C(C)C(O)CCC3(C)C)=NN2C(C)=O)cc1OC. The summed E-state index contributed by atoms with van der Waals surface area (Å²) < 4.78 is 10.7. The van der Waals surface area contributed by atoms with Crippen molar-refractivity contribution in [1.82, 2.24) is 5.01 Å². The minimum absolute atomic E-state index is 0.00198. The second-order valence-electron chi connectivity index (χ2n) is 8.66. The van der Waals surface area contributed by atoms with Crippen molar-refractivity contribution in [3.8, 4) is 11.5 Å². The van der Waals surface area contributed by atoms with Crippen LogP contribution in [0.5, 0.6) is 11.5 Å². The highest BCUT2D eigenvalue weighted by Gasteiger charge is 2.33. The van der Waals surface area contributed by atoms with Crippen molar-refractivity contribution in [1.29, 1.82) is 0 Å². The number of rotatable bonds is 5. The first-order chi connectivity index (χ1) is 14.2. The largest absolute Gasteiger partial charge is 0.493 e. The normalized spacial score (nSPS) is 23.7. The molecular weight excluding hydrogens is 380 g/mol. The maximum atomic E-state index is 12.3. The van der Waals surface area contributed by atoms with Gasteiger partial charge in [0.25, 0.3) is 0 Å². The molecule has 1 N–H and O–H groups in total. The Morgan fingerprint density at radius 3 is 2.57 bits per heavy atom. The van der Waals surface area contributed by atoms with Crippen LogP contribution in [0.4, 0.5) is 0 Å². The highest BCUT2D eigenvalue weighted by atomic mass is 16.5. The van der Waals surface area contributed by atoms with Crippen LogP contribution in [0.2, 0.25) is 0 Å². The molecule has 0 saturated carbocycles. The van der Waals surface area contributed by atoms with Crippen molar-refractivity contribution in [2.45, 2.75) is 59.1 Å². The molecule has 2 atom stereocenters. The van der Waals surface area contributed by atoms with E-state index in [1.807, 2.05) is 31.2 Å². The molecule has 2 unspecified atom stereocenters. The Morgan fingerprint density at radius 2 is 1.93 bits per heavy atom. The Labute approximate surface area is 178 Å². The zero-order chi connectivity index (χ0) is 22.1. The number of aliphatic hydroxyl groups excluding tert-OH is 1. The van der Waals surface area contributed by atoms with Crippen LogP contribution in [0.25, 0.3) is 0 Å². The maximum absolute atomic E-state index is 12.3. The first-order valence-corrected chi connectivity index (χ1v) is 10.3. The number of amides is 1. The Kier molecular flexibility index (Phi) is 6.36. The molecule has 1 aromatic rings. The fourth-order valence-corrected chi connectivity index (χ4v) is 4.34. The minimum atomic E-state index is -0.392. The van der Waals surface area contributed by atoms with E-state index in [-0.39, 0.29) is 17.4 Å². The monoisotopic (exact) mass is 412 g/mol. The van der Waals surface area contributed by atoms with E-state index >= 15 is 0 Å². The van der Waals surface area contributed by atoms with E-state index < -0.39 is 6.10 Å². The third kappa shape index (κ3) is 4.29. The summed E-state index contributed by atoms with van der Waals surface area (Å²) in [7, 11) is 3.20. The number of nitrogens with zero attached hydrogens (tertiary/aromatic N) is 2. The molecular formula is C24H32N2O4. The Morgan fingerprint density at radius 1 is 1.23 bits per heavy atom. The van der Waals surface area contributed by atoms with E-state index in [9.17, 15) is 9.90 Å². The van der Waals surface area contributed by atoms with Gasteiger partial charge in [-0.1, -0.05) is 26.0 Å². The Bertz CT molecular complexity index is 914. The lowest BCUT2D eigenvalue weighted by molar-refractivity contribution is -0.130. The standard InChI is InChI=1S/C24H32N2O4/c1-15-19(24(3,4)12-11-21(15)28)9-8-18-14-20(26(25-18)16(2)27)17-7-10-22(29-5)23(13-17)30-6/h7-10,13,20-21,28H,11-12,14H2,1-6H3. The molecule has 162 valence electrons. The number of methoxy groups -OCH3 is 2. The zero-order valence-electron chi connectivity index (χ0n) is 18.7. The molecule has 0 aromatic heterocycles. The number of allylic oxidation sites excluding steroid dienone is 3. The first kappa shape index (κ1) is 22.1. The van der Waals surface area contributed by atoms with Crippen molar-refractivity contribution in [3.05, 3.63) is 47.1 Å². The molecule has 0 saturated heterocycles. The predicted octanol–water partition coefficient (Wildman–Crippen LogP) is 4.41. The molecule has 2 aliphatic rings. The van der Waals surface area contributed by atoms with E-state index in [4.69, 9.17) is 9.47 Å². The Balaban J connectivity index is 1.89. The fourth-order valence-electron chi connectivity index (χ4n) is 4.34. The predicted molar refractivity (Wildman–Crippen MR) is 118 cm³/mol. The van der Waals surface area contributed by atoms with Crippen LogP contribution in [0, 0.1) is 5.41 Å². The molecule has 1 aliphatic carbocycles. The van der Waals surface area contributed by atoms with Crippen molar-refractivity contribution in [3.63, 3.8) is 0 Å². The van der Waals surface area contributed by atoms with Crippen molar-refractivity contribution >= 4 is 11.6 Å². The quantitative estimate of drug-likeness (QED) is 0.778. The minimum Gasteiger partial charge on any atom is -0.493 e. The Hall–Kier alpha value is -2.60. The summed E-state index contributed by atoms with van der Waals surface area (Å²) in [5, 5.41) is 16.4. The maximum Gasteiger partial charge on any atom is 0.240 e. The smallest absolute Gasteiger partial charge is 0.240 e. The summed E-state index contributed by atoms with van der Waals surface area (Å²) in [5.41, 5.74) is 3.94. The summed E-state index contributed by atoms with van der Waals surface area (Å²) >= 11 is 0. The molecule has 0 bridgehead atoms. The molecule has 0 fully saturated rings. The zero-order valence-corrected chi connectivity index (χ0v) is 18.7. The second kappa shape index (κ2) is 8.64. The molecule has 1 amide bonds. The molecule has 30 heavy (non-hydrogen) atoms. The summed E-state index contributed by atoms with van der Waals surface area (Å²) in [6.07, 6.45) is 5.99. The number of hydrogen-bond acceptors (Lipinski definition) is 5. The molecule has 6 nitrogen and oxygen atoms in total. The topological polar surface area (TPSA) is 71.4 Å². The van der Waals surface area contributed by atoms with Crippen LogP contribution >= 0.6 is 0 Å². The first-order valence-electron chi connectivity index (χ1n) is 10.3. The lowest BCUT2D eigenvalue weighted by atomic mass is 9.71. The van der Waals surface area contributed by atoms with Gasteiger partial charge in [0.1, 0.15) is 0 Å². The van der Waals surface area contributed by atoms with Crippen molar-refractivity contribution in [2.24, 2.45) is 10.5 Å². The molecule has 3 rings (SSSR count). The van der Waals surface area contributed by atoms with Gasteiger partial charge in [0.2, 0.25) is 5.91 Å². The highest BCUT2D eigenvalue weighted by molar-refractivity contribution is 5.98. The number of aliphatic hydroxyl groups is 1. The van der Waals surface area contributed by atoms with Gasteiger partial charge in [-0.3, -0.25) is 4.79 Å². The number of carbonyl (C=O) groups is 1. The van der Waals surface area contributed by atoms with Crippen LogP contribution in [-0.2, 0) is 4.79 Å². The van der Waals surface area contributed by atoms with E-state index in [1.54, 1.807) is 14.2 Å². The van der Waals surface area contributed by atoms with Gasteiger partial charge < -0.3 is 14.6 Å². The molecule has 0 radical (unpaired) electrons. The van der Waals surface area contributed by atoms with Gasteiger partial charge in [0.15, 0.2) is 11.5 Å². The van der Waals surface area contributed by atoms with Crippen molar-refractivity contribution in [2.75, 3.05) is 14.2 Å². The third-order valence-corrected chi connectivity index (χ3v) is 6.19. The number of ether oxygens (including phenoxy) is 2. The lowest BCUT2D eigenvalue weighted by Crippen LogP contribution is -2.27. The summed E-state index contributed by atoms with van der Waals surface area (Å²) in [4.78, 5) is 12.3. The average Bonchev–Trinajstić information content (AvgIpc) is 3.15. The van der Waals surface area contributed by atoms with Crippen LogP contribution in [0.15, 0.2) is 46.6 Å². The third-order valence-electron chi connectivity index (χ3n) is 6.19. The lowest BCUT2D eigenvalue weighted by Gasteiger charge is -2.35. The van der Waals surface area contributed by atoms with E-state index in [0.717, 1.165) is 35.3 Å². The fraction of sp³-hybridized carbons (Fsp3) is 0.500. The van der Waals surface area contributed by atoms with Gasteiger partial charge >= 0.3 is 0 Å². The summed E-state index contributed by atoms with van der Waals surface area (Å²) in [6, 6.07) is 5.49. The summed E-state index contributed by atoms with van der Waals surface area (Å²) in [6.45, 7) is 7.92. The van der Waals surface area contributed by atoms with Gasteiger partial charge in [0.05, 0.1) is 32.1 Å². The van der Waals surface area contributed by atoms with Crippen LogP contribution in [0.3, 0.4) is 0 Å². The average molecular weight is 413 g/mol. The number of hydrazone groups is 1. The van der Waals surface area contributed by atoms with Gasteiger partial charge in [-0.05, 0) is 60.1 Å². The van der Waals surface area contributed by atoms with Gasteiger partial charge in [-0.15, -0.1) is 0 Å². The molecule has 0 spiro atoms. The van der Waals surface area contributed by atoms with E-state index in [1.165, 1.54) is 11.9 Å². The van der Waals surface area contributed by atoms with Gasteiger partial charge in [-0.2, -0.15) is 5.10 Å². The second-order valence-corrected chi connectivity index (χ2v) is 8.66. The van der Waals surface area contributed by atoms with Crippen LogP contribution in [-0.4, -0.2) is 42.1 Å². The number of hydrogen-bond donors (Lipinski definition) is 1. The molecule has 1 heterocycles. The van der Waals surface area contributed by atoms with Crippen LogP contribution < -0.4 is 9.47 Å². The van der Waals surface area contributed by atoms with E-state index in [2.05, 4.69) is 25.0 Å². The van der Waals surface area contributed by atoms with Crippen molar-refractivity contribution < 1.29 is 19.4 Å². The molecule has 1 aliphatic heterocycles. The number of carbonyl (C=O) groups excluding carboxylic acids is 1. The molecule has 6 heteroatoms. The van der Waals surface area contributed by atoms with E-state index in [0.29, 0.717) is 17.9 Å². The van der Waals surface area contributed by atoms with Gasteiger partial charge in [-0.25, -0.2) is 5.01 Å². The molecule has 1 aromatic carbocycles. The summed E-state index contributed by atoms with van der Waals surface area (Å²) in [5.74, 6) is 1.17.